The predicted octanol–water partition coefficient (Wildman–Crippen LogP) is 14.4. The van der Waals surface area contributed by atoms with E-state index < -0.39 is 17.9 Å². The number of nitrogens with one attached hydrogen (secondary N) is 3. The number of rotatable bonds is 11. The molecule has 0 aliphatic carbocycles. The van der Waals surface area contributed by atoms with Gasteiger partial charge in [-0.25, -0.2) is 29.3 Å². The van der Waals surface area contributed by atoms with Gasteiger partial charge in [-0.05, 0) is 57.2 Å². The minimum absolute atomic E-state index is 0.310. The molecule has 3 N–H and O–H groups in total. The number of carbonyl (C=O) groups excluding carboxylic acids is 8. The molecular formula is C51H44Cl6N8O11S6. The molecule has 31 heteroatoms. The second-order valence-electron chi connectivity index (χ2n) is 16.4. The Balaban J connectivity index is 0.000000208. The van der Waals surface area contributed by atoms with E-state index >= 15 is 0 Å². The number of aryl methyl sites for hydroxylation is 3. The normalized spacial score (nSPS) is 10.3. The summed E-state index contributed by atoms with van der Waals surface area (Å²) in [5.74, 6) is -2.62. The molecular weight excluding hydrogens is 1310 g/mol. The topological polar surface area (TPSA) is 245 Å². The van der Waals surface area contributed by atoms with Crippen LogP contribution in [-0.2, 0) is 23.8 Å². The predicted molar refractivity (Wildman–Crippen MR) is 333 cm³/mol. The van der Waals surface area contributed by atoms with Crippen LogP contribution < -0.4 is 16.0 Å². The van der Waals surface area contributed by atoms with E-state index in [9.17, 15) is 38.4 Å². The number of thiazole rings is 3. The molecule has 19 nitrogen and oxygen atoms in total. The van der Waals surface area contributed by atoms with Gasteiger partial charge in [-0.2, -0.15) is 0 Å². The highest BCUT2D eigenvalue weighted by molar-refractivity contribution is 7.23. The van der Waals surface area contributed by atoms with Gasteiger partial charge in [0.25, 0.3) is 17.7 Å². The van der Waals surface area contributed by atoms with E-state index in [1.54, 1.807) is 104 Å². The van der Waals surface area contributed by atoms with Crippen molar-refractivity contribution in [3.63, 3.8) is 0 Å². The quantitative estimate of drug-likeness (QED) is 0.0619. The summed E-state index contributed by atoms with van der Waals surface area (Å²) >= 11 is 43.7. The van der Waals surface area contributed by atoms with Crippen LogP contribution in [-0.4, -0.2) is 123 Å². The van der Waals surface area contributed by atoms with Gasteiger partial charge in [-0.15, -0.1) is 34.0 Å². The van der Waals surface area contributed by atoms with Crippen LogP contribution in [0.2, 0.25) is 30.1 Å². The van der Waals surface area contributed by atoms with Gasteiger partial charge < -0.3 is 24.0 Å². The zero-order chi connectivity index (χ0) is 60.9. The molecule has 0 aliphatic heterocycles. The summed E-state index contributed by atoms with van der Waals surface area (Å²) in [5.41, 5.74) is 1.49. The first kappa shape index (κ1) is 66.7. The molecule has 82 heavy (non-hydrogen) atoms. The van der Waals surface area contributed by atoms with Crippen molar-refractivity contribution in [2.75, 3.05) is 65.5 Å². The highest BCUT2D eigenvalue weighted by Crippen LogP contribution is 2.40. The lowest BCUT2D eigenvalue weighted by Gasteiger charge is -1.99. The SMILES string of the molecule is CN(C)C=O.CN(C)C=O.COC(=O)c1sc(NC(=O)c2sc3cc(Cl)ccc3c2Cl)nc1C.COC(=O)c1sc(NC(=O)c2sc3cc(Cl)ccc3c2Cl)nc1C.COC(=O)c1sc(NC(=O)c2sc3cc(Cl)ccc3c2Cl)nc1C. The Kier molecular flexibility index (Phi) is 24.8. The molecule has 5 amide bonds. The number of methoxy groups -OCH3 is 3. The van der Waals surface area contributed by atoms with Gasteiger partial charge in [-0.1, -0.05) is 122 Å². The van der Waals surface area contributed by atoms with Gasteiger partial charge in [0.05, 0.1) is 53.5 Å². The Morgan fingerprint density at radius 1 is 0.427 bits per heavy atom. The fourth-order valence-electron chi connectivity index (χ4n) is 6.21. The third kappa shape index (κ3) is 17.3. The summed E-state index contributed by atoms with van der Waals surface area (Å²) in [5, 5.41) is 14.1. The van der Waals surface area contributed by atoms with E-state index in [2.05, 4.69) is 45.1 Å². The van der Waals surface area contributed by atoms with Crippen molar-refractivity contribution < 1.29 is 52.6 Å². The second-order valence-corrected chi connectivity index (χ2v) is 25.0. The average Bonchev–Trinajstić information content (AvgIpc) is 4.49. The minimum atomic E-state index is -0.486. The molecule has 6 aromatic heterocycles. The number of halogens is 6. The molecule has 0 saturated carbocycles. The van der Waals surface area contributed by atoms with Gasteiger partial charge in [0, 0.05) is 73.5 Å². The number of aromatic nitrogens is 3. The average molecular weight is 1350 g/mol. The van der Waals surface area contributed by atoms with Crippen molar-refractivity contribution in [2.24, 2.45) is 0 Å². The molecule has 0 atom stereocenters. The Bertz CT molecular complexity index is 3490. The largest absolute Gasteiger partial charge is 0.465 e. The molecule has 0 saturated heterocycles. The van der Waals surface area contributed by atoms with Crippen LogP contribution in [0.4, 0.5) is 15.4 Å². The van der Waals surface area contributed by atoms with E-state index in [0.29, 0.717) is 91.9 Å². The maximum absolute atomic E-state index is 12.5. The van der Waals surface area contributed by atoms with Crippen LogP contribution in [0, 0.1) is 20.8 Å². The number of anilines is 3. The smallest absolute Gasteiger partial charge is 0.350 e. The van der Waals surface area contributed by atoms with Crippen molar-refractivity contribution in [3.8, 4) is 0 Å². The first-order valence-electron chi connectivity index (χ1n) is 22.7. The van der Waals surface area contributed by atoms with Crippen molar-refractivity contribution in [2.45, 2.75) is 20.8 Å². The van der Waals surface area contributed by atoms with Crippen LogP contribution >= 0.6 is 138 Å². The lowest BCUT2D eigenvalue weighted by molar-refractivity contribution is -0.116. The van der Waals surface area contributed by atoms with Crippen molar-refractivity contribution in [1.29, 1.82) is 0 Å². The zero-order valence-electron chi connectivity index (χ0n) is 44.3. The number of carbonyl (C=O) groups is 8. The van der Waals surface area contributed by atoms with Crippen LogP contribution in [0.25, 0.3) is 30.3 Å². The van der Waals surface area contributed by atoms with E-state index in [1.165, 1.54) is 65.1 Å². The molecule has 9 rings (SSSR count). The lowest BCUT2D eigenvalue weighted by atomic mass is 10.2. The second kappa shape index (κ2) is 30.5. The number of hydrogen-bond donors (Lipinski definition) is 3. The molecule has 9 aromatic rings. The van der Waals surface area contributed by atoms with Crippen LogP contribution in [0.5, 0.6) is 0 Å². The maximum atomic E-state index is 12.5. The van der Waals surface area contributed by atoms with E-state index in [4.69, 9.17) is 69.6 Å². The number of ether oxygens (including phenoxy) is 3. The van der Waals surface area contributed by atoms with E-state index in [0.717, 1.165) is 77.1 Å². The molecule has 432 valence electrons. The van der Waals surface area contributed by atoms with Crippen LogP contribution in [0.15, 0.2) is 54.6 Å². The van der Waals surface area contributed by atoms with Gasteiger partial charge in [0.15, 0.2) is 15.4 Å². The maximum Gasteiger partial charge on any atom is 0.350 e. The summed E-state index contributed by atoms with van der Waals surface area (Å²) in [6, 6.07) is 15.8. The Hall–Kier alpha value is -6.07. The molecule has 0 unspecified atom stereocenters. The van der Waals surface area contributed by atoms with Gasteiger partial charge in [-0.3, -0.25) is 39.9 Å². The fourth-order valence-corrected chi connectivity index (χ4v) is 13.9. The monoisotopic (exact) mass is 1350 g/mol. The summed E-state index contributed by atoms with van der Waals surface area (Å²) in [7, 11) is 10.6. The lowest BCUT2D eigenvalue weighted by Crippen LogP contribution is -2.10. The number of thiophene rings is 3. The van der Waals surface area contributed by atoms with Crippen LogP contribution in [0.3, 0.4) is 0 Å². The Morgan fingerprint density at radius 3 is 0.866 bits per heavy atom. The summed E-state index contributed by atoms with van der Waals surface area (Å²) < 4.78 is 16.5. The summed E-state index contributed by atoms with van der Waals surface area (Å²) in [6.45, 7) is 5.02. The van der Waals surface area contributed by atoms with Crippen molar-refractivity contribution in [3.05, 3.63) is 131 Å². The number of nitrogens with zero attached hydrogens (tertiary/aromatic N) is 5. The summed E-state index contributed by atoms with van der Waals surface area (Å²) in [6.07, 6.45) is 1.50. The molecule has 3 aromatic carbocycles. The third-order valence-electron chi connectivity index (χ3n) is 9.98. The highest BCUT2D eigenvalue weighted by atomic mass is 35.5. The Morgan fingerprint density at radius 2 is 0.659 bits per heavy atom. The van der Waals surface area contributed by atoms with Gasteiger partial charge in [0.1, 0.15) is 29.3 Å². The van der Waals surface area contributed by atoms with E-state index in [1.807, 2.05) is 0 Å². The van der Waals surface area contributed by atoms with Gasteiger partial charge in [0.2, 0.25) is 12.8 Å². The van der Waals surface area contributed by atoms with Crippen LogP contribution in [0.1, 0.15) is 75.1 Å². The first-order chi connectivity index (χ1) is 38.7. The molecule has 0 bridgehead atoms. The zero-order valence-corrected chi connectivity index (χ0v) is 53.7. The highest BCUT2D eigenvalue weighted by Gasteiger charge is 2.25. The first-order valence-corrected chi connectivity index (χ1v) is 29.9. The van der Waals surface area contributed by atoms with Crippen molar-refractivity contribution in [1.82, 2.24) is 24.8 Å². The third-order valence-corrected chi connectivity index (χ3v) is 18.8. The van der Waals surface area contributed by atoms with E-state index in [-0.39, 0.29) is 17.7 Å². The molecule has 0 radical (unpaired) electrons. The molecule has 0 fully saturated rings. The number of fused-ring (bicyclic) bond motifs is 3. The molecule has 0 spiro atoms. The standard InChI is InChI=1S/3C15H10Cl2N2O3S2.2C3H7NO/c3*1-6-11(14(21)22-2)24-15(18-6)19-13(20)12-10(17)8-4-3-7(16)5-9(8)23-12;2*1-4(2)3-5/h3*3-5H,1-2H3,(H,18,19,20);2*3H,1-2H3. The van der Waals surface area contributed by atoms with Crippen molar-refractivity contribution >= 4 is 232 Å². The number of benzene rings is 3. The fraction of sp³-hybridized carbons (Fsp3) is 0.196. The number of hydrogen-bond acceptors (Lipinski definition) is 20. The Labute approximate surface area is 521 Å². The minimum Gasteiger partial charge on any atom is -0.465 e. The molecule has 0 aliphatic rings. The number of esters is 3. The molecule has 6 heterocycles. The summed E-state index contributed by atoms with van der Waals surface area (Å²) in [4.78, 5) is 109. The van der Waals surface area contributed by atoms with Gasteiger partial charge >= 0.3 is 17.9 Å². The number of amides is 5.